The van der Waals surface area contributed by atoms with Crippen LogP contribution >= 0.6 is 0 Å². The van der Waals surface area contributed by atoms with Crippen LogP contribution in [0.3, 0.4) is 0 Å². The predicted octanol–water partition coefficient (Wildman–Crippen LogP) is 2.13. The van der Waals surface area contributed by atoms with Crippen LogP contribution < -0.4 is 10.2 Å². The molecule has 6 heteroatoms. The second kappa shape index (κ2) is 9.61. The minimum absolute atomic E-state index is 0.129. The molecule has 0 fully saturated rings. The van der Waals surface area contributed by atoms with Crippen LogP contribution in [0.4, 0.5) is 5.69 Å². The number of nitrogens with one attached hydrogen (secondary N) is 1. The number of anilines is 1. The van der Waals surface area contributed by atoms with Crippen molar-refractivity contribution >= 4 is 23.5 Å². The number of ether oxygens (including phenoxy) is 1. The third kappa shape index (κ3) is 5.73. The molecular formula is C17H24N2O4. The van der Waals surface area contributed by atoms with Crippen LogP contribution in [-0.2, 0) is 14.3 Å². The zero-order valence-corrected chi connectivity index (χ0v) is 13.9. The number of benzene rings is 1. The van der Waals surface area contributed by atoms with E-state index in [1.807, 2.05) is 6.92 Å². The maximum atomic E-state index is 12.0. The Kier molecular flexibility index (Phi) is 7.80. The summed E-state index contributed by atoms with van der Waals surface area (Å²) < 4.78 is 5.01. The fourth-order valence-corrected chi connectivity index (χ4v) is 2.06. The van der Waals surface area contributed by atoms with Crippen LogP contribution in [0.2, 0.25) is 0 Å². The molecule has 0 saturated carbocycles. The molecule has 1 N–H and O–H groups in total. The molecule has 1 rings (SSSR count). The van der Waals surface area contributed by atoms with Gasteiger partial charge in [0.1, 0.15) is 6.54 Å². The molecule has 23 heavy (non-hydrogen) atoms. The molecule has 0 atom stereocenters. The number of esters is 1. The molecule has 0 heterocycles. The van der Waals surface area contributed by atoms with Crippen molar-refractivity contribution in [3.05, 3.63) is 29.8 Å². The van der Waals surface area contributed by atoms with Crippen molar-refractivity contribution in [2.45, 2.75) is 33.6 Å². The number of amides is 2. The van der Waals surface area contributed by atoms with Gasteiger partial charge < -0.3 is 15.0 Å². The van der Waals surface area contributed by atoms with E-state index < -0.39 is 5.97 Å². The van der Waals surface area contributed by atoms with Crippen molar-refractivity contribution in [2.24, 2.45) is 0 Å². The highest BCUT2D eigenvalue weighted by molar-refractivity contribution is 6.04. The normalized spacial score (nSPS) is 10.0. The Labute approximate surface area is 136 Å². The monoisotopic (exact) mass is 320 g/mol. The zero-order chi connectivity index (χ0) is 17.2. The topological polar surface area (TPSA) is 75.7 Å². The highest BCUT2D eigenvalue weighted by atomic mass is 16.5. The van der Waals surface area contributed by atoms with Gasteiger partial charge in [0.2, 0.25) is 11.8 Å². The van der Waals surface area contributed by atoms with Crippen molar-refractivity contribution in [3.8, 4) is 0 Å². The van der Waals surface area contributed by atoms with E-state index >= 15 is 0 Å². The molecule has 2 amide bonds. The van der Waals surface area contributed by atoms with Crippen molar-refractivity contribution in [1.82, 2.24) is 5.32 Å². The van der Waals surface area contributed by atoms with Gasteiger partial charge in [-0.1, -0.05) is 25.5 Å². The molecule has 0 radical (unpaired) electrons. The lowest BCUT2D eigenvalue weighted by Crippen LogP contribution is -2.40. The summed E-state index contributed by atoms with van der Waals surface area (Å²) in [6.45, 7) is 5.79. The van der Waals surface area contributed by atoms with Gasteiger partial charge in [-0.25, -0.2) is 4.79 Å². The van der Waals surface area contributed by atoms with E-state index in [2.05, 4.69) is 5.32 Å². The molecule has 0 aliphatic rings. The Hall–Kier alpha value is -2.37. The van der Waals surface area contributed by atoms with E-state index in [-0.39, 0.29) is 30.5 Å². The predicted molar refractivity (Wildman–Crippen MR) is 88.3 cm³/mol. The lowest BCUT2D eigenvalue weighted by atomic mass is 10.1. The number of para-hydroxylation sites is 1. The number of carbonyl (C=O) groups excluding carboxylic acids is 3. The summed E-state index contributed by atoms with van der Waals surface area (Å²) in [5.74, 6) is -1.08. The Morgan fingerprint density at radius 2 is 1.87 bits per heavy atom. The molecule has 0 spiro atoms. The molecule has 0 aliphatic carbocycles. The molecule has 1 aromatic rings. The van der Waals surface area contributed by atoms with Gasteiger partial charge >= 0.3 is 5.97 Å². The van der Waals surface area contributed by atoms with Crippen LogP contribution in [0.25, 0.3) is 0 Å². The average molecular weight is 320 g/mol. The Bertz CT molecular complexity index is 557. The molecule has 6 nitrogen and oxygen atoms in total. The number of hydrogen-bond acceptors (Lipinski definition) is 4. The van der Waals surface area contributed by atoms with E-state index in [0.717, 1.165) is 12.8 Å². The summed E-state index contributed by atoms with van der Waals surface area (Å²) in [7, 11) is 0. The van der Waals surface area contributed by atoms with Gasteiger partial charge in [0, 0.05) is 13.5 Å². The first kappa shape index (κ1) is 18.7. The van der Waals surface area contributed by atoms with E-state index in [9.17, 15) is 14.4 Å². The number of unbranched alkanes of at least 4 members (excludes halogenated alkanes) is 1. The van der Waals surface area contributed by atoms with Crippen LogP contribution in [-0.4, -0.2) is 37.5 Å². The summed E-state index contributed by atoms with van der Waals surface area (Å²) in [5.41, 5.74) is 0.648. The first-order chi connectivity index (χ1) is 11.0. The Balaban J connectivity index is 2.96. The minimum Gasteiger partial charge on any atom is -0.462 e. The van der Waals surface area contributed by atoms with Gasteiger partial charge in [-0.05, 0) is 25.5 Å². The quantitative estimate of drug-likeness (QED) is 0.588. The van der Waals surface area contributed by atoms with Crippen LogP contribution in [0.5, 0.6) is 0 Å². The summed E-state index contributed by atoms with van der Waals surface area (Å²) in [5, 5.41) is 2.76. The third-order valence-electron chi connectivity index (χ3n) is 3.22. The van der Waals surface area contributed by atoms with E-state index in [4.69, 9.17) is 4.74 Å². The number of rotatable bonds is 8. The van der Waals surface area contributed by atoms with Gasteiger partial charge in [-0.2, -0.15) is 0 Å². The fraction of sp³-hybridized carbons (Fsp3) is 0.471. The van der Waals surface area contributed by atoms with Gasteiger partial charge in [0.05, 0.1) is 17.9 Å². The fourth-order valence-electron chi connectivity index (χ4n) is 2.06. The summed E-state index contributed by atoms with van der Waals surface area (Å²) in [6, 6.07) is 6.61. The van der Waals surface area contributed by atoms with Gasteiger partial charge in [-0.3, -0.25) is 9.59 Å². The molecule has 1 aromatic carbocycles. The molecular weight excluding hydrogens is 296 g/mol. The van der Waals surface area contributed by atoms with Gasteiger partial charge in [0.25, 0.3) is 0 Å². The van der Waals surface area contributed by atoms with E-state index in [1.165, 1.54) is 11.8 Å². The van der Waals surface area contributed by atoms with Crippen molar-refractivity contribution in [1.29, 1.82) is 0 Å². The highest BCUT2D eigenvalue weighted by Crippen LogP contribution is 2.21. The molecule has 0 saturated heterocycles. The van der Waals surface area contributed by atoms with Crippen molar-refractivity contribution in [3.63, 3.8) is 0 Å². The minimum atomic E-state index is -0.513. The summed E-state index contributed by atoms with van der Waals surface area (Å²) in [6.07, 6.45) is 1.85. The molecule has 0 unspecified atom stereocenters. The maximum absolute atomic E-state index is 12.0. The molecule has 126 valence electrons. The standard InChI is InChI=1S/C17H24N2O4/c1-4-6-11-18-16(21)12-19(13(3)20)15-10-8-7-9-14(15)17(22)23-5-2/h7-10H,4-6,11-12H2,1-3H3,(H,18,21). The lowest BCUT2D eigenvalue weighted by molar-refractivity contribution is -0.123. The highest BCUT2D eigenvalue weighted by Gasteiger charge is 2.21. The number of hydrogen-bond donors (Lipinski definition) is 1. The second-order valence-electron chi connectivity index (χ2n) is 5.05. The summed E-state index contributed by atoms with van der Waals surface area (Å²) >= 11 is 0. The maximum Gasteiger partial charge on any atom is 0.340 e. The average Bonchev–Trinajstić information content (AvgIpc) is 2.53. The number of nitrogens with zero attached hydrogens (tertiary/aromatic N) is 1. The first-order valence-corrected chi connectivity index (χ1v) is 7.82. The number of carbonyl (C=O) groups is 3. The smallest absolute Gasteiger partial charge is 0.340 e. The van der Waals surface area contributed by atoms with Crippen molar-refractivity contribution < 1.29 is 19.1 Å². The van der Waals surface area contributed by atoms with Crippen LogP contribution in [0.1, 0.15) is 44.0 Å². The second-order valence-corrected chi connectivity index (χ2v) is 5.05. The molecule has 0 aliphatic heterocycles. The van der Waals surface area contributed by atoms with Crippen LogP contribution in [0.15, 0.2) is 24.3 Å². The van der Waals surface area contributed by atoms with Crippen molar-refractivity contribution in [2.75, 3.05) is 24.6 Å². The largest absolute Gasteiger partial charge is 0.462 e. The third-order valence-corrected chi connectivity index (χ3v) is 3.22. The van der Waals surface area contributed by atoms with E-state index in [1.54, 1.807) is 31.2 Å². The van der Waals surface area contributed by atoms with Gasteiger partial charge in [0.15, 0.2) is 0 Å². The van der Waals surface area contributed by atoms with E-state index in [0.29, 0.717) is 12.2 Å². The Morgan fingerprint density at radius 1 is 1.17 bits per heavy atom. The SMILES string of the molecule is CCCCNC(=O)CN(C(C)=O)c1ccccc1C(=O)OCC. The van der Waals surface area contributed by atoms with Gasteiger partial charge in [-0.15, -0.1) is 0 Å². The molecule has 0 aromatic heterocycles. The Morgan fingerprint density at radius 3 is 2.48 bits per heavy atom. The zero-order valence-electron chi connectivity index (χ0n) is 13.9. The molecule has 0 bridgehead atoms. The van der Waals surface area contributed by atoms with Crippen LogP contribution in [0, 0.1) is 0 Å². The lowest BCUT2D eigenvalue weighted by Gasteiger charge is -2.22. The first-order valence-electron chi connectivity index (χ1n) is 7.82. The summed E-state index contributed by atoms with van der Waals surface area (Å²) in [4.78, 5) is 37.2.